The molecule has 1 unspecified atom stereocenters. The predicted molar refractivity (Wildman–Crippen MR) is 59.9 cm³/mol. The van der Waals surface area contributed by atoms with Crippen molar-refractivity contribution in [2.45, 2.75) is 38.1 Å². The summed E-state index contributed by atoms with van der Waals surface area (Å²) in [5.74, 6) is 2.91. The molecule has 0 radical (unpaired) electrons. The van der Waals surface area contributed by atoms with Crippen molar-refractivity contribution in [3.63, 3.8) is 0 Å². The average Bonchev–Trinajstić information content (AvgIpc) is 2.99. The highest BCUT2D eigenvalue weighted by atomic mass is 15.1. The molecule has 1 aromatic rings. The summed E-state index contributed by atoms with van der Waals surface area (Å²) in [6.07, 6.45) is 7.47. The van der Waals surface area contributed by atoms with Gasteiger partial charge in [-0.25, -0.2) is 4.98 Å². The lowest BCUT2D eigenvalue weighted by Crippen LogP contribution is -2.27. The Morgan fingerprint density at radius 2 is 2.33 bits per heavy atom. The number of hydrogen-bond donors (Lipinski definition) is 1. The van der Waals surface area contributed by atoms with Crippen LogP contribution in [0, 0.1) is 5.92 Å². The largest absolute Gasteiger partial charge is 0.335 e. The number of nitrogens with zero attached hydrogens (tertiary/aromatic N) is 2. The first-order chi connectivity index (χ1) is 7.36. The van der Waals surface area contributed by atoms with Crippen LogP contribution in [0.1, 0.15) is 36.7 Å². The van der Waals surface area contributed by atoms with Gasteiger partial charge in [-0.05, 0) is 38.8 Å². The Bertz CT molecular complexity index is 352. The summed E-state index contributed by atoms with van der Waals surface area (Å²) in [4.78, 5) is 4.78. The number of imidazole rings is 1. The molecule has 1 aromatic heterocycles. The fraction of sp³-hybridized carbons (Fsp3) is 0.750. The molecule has 1 saturated carbocycles. The first-order valence-electron chi connectivity index (χ1n) is 6.07. The number of hydrogen-bond acceptors (Lipinski definition) is 2. The first-order valence-corrected chi connectivity index (χ1v) is 6.07. The van der Waals surface area contributed by atoms with Gasteiger partial charge in [0.2, 0.25) is 0 Å². The summed E-state index contributed by atoms with van der Waals surface area (Å²) in [7, 11) is 2.04. The zero-order valence-electron chi connectivity index (χ0n) is 9.37. The van der Waals surface area contributed by atoms with E-state index < -0.39 is 0 Å². The van der Waals surface area contributed by atoms with E-state index in [-0.39, 0.29) is 0 Å². The summed E-state index contributed by atoms with van der Waals surface area (Å²) in [6, 6.07) is 0. The number of nitrogens with one attached hydrogen (secondary N) is 1. The topological polar surface area (TPSA) is 29.9 Å². The lowest BCUT2D eigenvalue weighted by Gasteiger charge is -2.22. The summed E-state index contributed by atoms with van der Waals surface area (Å²) >= 11 is 0. The van der Waals surface area contributed by atoms with Crippen molar-refractivity contribution in [1.29, 1.82) is 0 Å². The molecule has 0 amide bonds. The summed E-state index contributed by atoms with van der Waals surface area (Å²) in [5, 5.41) is 3.27. The van der Waals surface area contributed by atoms with Crippen molar-refractivity contribution >= 4 is 0 Å². The van der Waals surface area contributed by atoms with Crippen LogP contribution in [-0.4, -0.2) is 23.1 Å². The van der Waals surface area contributed by atoms with E-state index in [0.29, 0.717) is 0 Å². The second kappa shape index (κ2) is 3.63. The second-order valence-electron chi connectivity index (χ2n) is 4.97. The monoisotopic (exact) mass is 205 g/mol. The minimum Gasteiger partial charge on any atom is -0.335 e. The van der Waals surface area contributed by atoms with Gasteiger partial charge in [0, 0.05) is 25.1 Å². The molecule has 0 spiro atoms. The molecule has 2 aliphatic rings. The molecule has 2 heterocycles. The highest BCUT2D eigenvalue weighted by Crippen LogP contribution is 2.39. The first kappa shape index (κ1) is 9.40. The van der Waals surface area contributed by atoms with Crippen molar-refractivity contribution in [3.8, 4) is 0 Å². The van der Waals surface area contributed by atoms with Gasteiger partial charge in [-0.3, -0.25) is 0 Å². The molecule has 3 nitrogen and oxygen atoms in total. The van der Waals surface area contributed by atoms with E-state index in [1.165, 1.54) is 37.3 Å². The van der Waals surface area contributed by atoms with Crippen LogP contribution in [0.2, 0.25) is 0 Å². The van der Waals surface area contributed by atoms with Crippen LogP contribution in [0.4, 0.5) is 0 Å². The Hall–Kier alpha value is -0.830. The summed E-state index contributed by atoms with van der Waals surface area (Å²) in [5.41, 5.74) is 1.36. The van der Waals surface area contributed by atoms with Crippen molar-refractivity contribution in [3.05, 3.63) is 17.7 Å². The SMILES string of the molecule is CNCC1CCn2cc(C3CC3)nc2C1. The normalized spacial score (nSPS) is 25.3. The van der Waals surface area contributed by atoms with Crippen LogP contribution >= 0.6 is 0 Å². The fourth-order valence-electron chi connectivity index (χ4n) is 2.55. The van der Waals surface area contributed by atoms with Gasteiger partial charge < -0.3 is 9.88 Å². The maximum absolute atomic E-state index is 4.78. The van der Waals surface area contributed by atoms with Crippen LogP contribution in [0.3, 0.4) is 0 Å². The molecule has 3 heteroatoms. The van der Waals surface area contributed by atoms with Crippen molar-refractivity contribution in [2.75, 3.05) is 13.6 Å². The lowest BCUT2D eigenvalue weighted by atomic mass is 9.98. The molecule has 0 aromatic carbocycles. The van der Waals surface area contributed by atoms with Crippen molar-refractivity contribution in [1.82, 2.24) is 14.9 Å². The third kappa shape index (κ3) is 1.81. The van der Waals surface area contributed by atoms with Crippen LogP contribution in [0.25, 0.3) is 0 Å². The van der Waals surface area contributed by atoms with E-state index >= 15 is 0 Å². The van der Waals surface area contributed by atoms with Gasteiger partial charge in [0.15, 0.2) is 0 Å². The molecule has 0 bridgehead atoms. The van der Waals surface area contributed by atoms with E-state index in [4.69, 9.17) is 4.98 Å². The highest BCUT2D eigenvalue weighted by molar-refractivity contribution is 5.16. The number of aromatic nitrogens is 2. The molecule has 1 aliphatic heterocycles. The third-order valence-corrected chi connectivity index (χ3v) is 3.62. The van der Waals surface area contributed by atoms with Gasteiger partial charge in [-0.2, -0.15) is 0 Å². The summed E-state index contributed by atoms with van der Waals surface area (Å²) < 4.78 is 2.37. The van der Waals surface area contributed by atoms with Crippen LogP contribution in [0.15, 0.2) is 6.20 Å². The lowest BCUT2D eigenvalue weighted by molar-refractivity contribution is 0.372. The smallest absolute Gasteiger partial charge is 0.109 e. The number of fused-ring (bicyclic) bond motifs is 1. The van der Waals surface area contributed by atoms with Crippen LogP contribution in [0.5, 0.6) is 0 Å². The number of rotatable bonds is 3. The molecular weight excluding hydrogens is 186 g/mol. The standard InChI is InChI=1S/C12H19N3/c1-13-7-9-4-5-15-8-11(10-2-3-10)14-12(15)6-9/h8-10,13H,2-7H2,1H3. The molecule has 1 N–H and O–H groups in total. The number of aryl methyl sites for hydroxylation is 1. The third-order valence-electron chi connectivity index (χ3n) is 3.62. The van der Waals surface area contributed by atoms with Gasteiger partial charge in [-0.15, -0.1) is 0 Å². The molecule has 0 saturated heterocycles. The Balaban J connectivity index is 1.76. The van der Waals surface area contributed by atoms with Crippen molar-refractivity contribution in [2.24, 2.45) is 5.92 Å². The van der Waals surface area contributed by atoms with Gasteiger partial charge in [0.25, 0.3) is 0 Å². The van der Waals surface area contributed by atoms with Gasteiger partial charge in [0.05, 0.1) is 5.69 Å². The van der Waals surface area contributed by atoms with Crippen LogP contribution in [-0.2, 0) is 13.0 Å². The average molecular weight is 205 g/mol. The van der Waals surface area contributed by atoms with E-state index in [1.54, 1.807) is 0 Å². The van der Waals surface area contributed by atoms with Crippen molar-refractivity contribution < 1.29 is 0 Å². The minimum absolute atomic E-state index is 0.789. The molecular formula is C12H19N3. The van der Waals surface area contributed by atoms with Gasteiger partial charge in [-0.1, -0.05) is 0 Å². The van der Waals surface area contributed by atoms with E-state index in [1.807, 2.05) is 7.05 Å². The van der Waals surface area contributed by atoms with Gasteiger partial charge >= 0.3 is 0 Å². The molecule has 3 rings (SSSR count). The van der Waals surface area contributed by atoms with Crippen LogP contribution < -0.4 is 5.32 Å². The summed E-state index contributed by atoms with van der Waals surface area (Å²) in [6.45, 7) is 2.30. The van der Waals surface area contributed by atoms with E-state index in [2.05, 4.69) is 16.1 Å². The molecule has 82 valence electrons. The van der Waals surface area contributed by atoms with E-state index in [9.17, 15) is 0 Å². The molecule has 1 fully saturated rings. The minimum atomic E-state index is 0.789. The maximum Gasteiger partial charge on any atom is 0.109 e. The second-order valence-corrected chi connectivity index (χ2v) is 4.97. The Kier molecular flexibility index (Phi) is 2.28. The molecule has 15 heavy (non-hydrogen) atoms. The maximum atomic E-state index is 4.78. The molecule has 1 atom stereocenters. The predicted octanol–water partition coefficient (Wildman–Crippen LogP) is 1.54. The van der Waals surface area contributed by atoms with Gasteiger partial charge in [0.1, 0.15) is 5.82 Å². The Labute approximate surface area is 90.9 Å². The zero-order chi connectivity index (χ0) is 10.3. The highest BCUT2D eigenvalue weighted by Gasteiger charge is 2.28. The quantitative estimate of drug-likeness (QED) is 0.811. The zero-order valence-corrected chi connectivity index (χ0v) is 9.37. The van der Waals surface area contributed by atoms with E-state index in [0.717, 1.165) is 24.8 Å². The molecule has 1 aliphatic carbocycles. The Morgan fingerprint density at radius 1 is 1.47 bits per heavy atom. The Morgan fingerprint density at radius 3 is 3.07 bits per heavy atom. The fourth-order valence-corrected chi connectivity index (χ4v) is 2.55.